The molecule has 0 heterocycles. The van der Waals surface area contributed by atoms with Gasteiger partial charge in [-0.2, -0.15) is 0 Å². The van der Waals surface area contributed by atoms with Gasteiger partial charge in [-0.25, -0.2) is 13.6 Å². The largest absolute Gasteiger partial charge is 0.573 e. The lowest BCUT2D eigenvalue weighted by atomic mass is 10.1. The fourth-order valence-corrected chi connectivity index (χ4v) is 1.80. The lowest BCUT2D eigenvalue weighted by molar-refractivity contribution is -0.274. The summed E-state index contributed by atoms with van der Waals surface area (Å²) in [6.45, 7) is 1.57. The predicted molar refractivity (Wildman–Crippen MR) is 53.9 cm³/mol. The number of benzene rings is 1. The second kappa shape index (κ2) is 4.53. The molecule has 0 amide bonds. The third-order valence-electron chi connectivity index (χ3n) is 1.97. The molecule has 4 nitrogen and oxygen atoms in total. The zero-order chi connectivity index (χ0) is 13.3. The molecule has 96 valence electrons. The van der Waals surface area contributed by atoms with Crippen molar-refractivity contribution in [3.63, 3.8) is 0 Å². The summed E-state index contributed by atoms with van der Waals surface area (Å²) in [5.74, 6) is -0.424. The predicted octanol–water partition coefficient (Wildman–Crippen LogP) is 1.80. The Morgan fingerprint density at radius 2 is 1.94 bits per heavy atom. The number of rotatable bonds is 3. The van der Waals surface area contributed by atoms with Crippen molar-refractivity contribution < 1.29 is 26.3 Å². The Labute approximate surface area is 96.2 Å². The number of sulfonamides is 1. The van der Waals surface area contributed by atoms with Crippen LogP contribution in [0.2, 0.25) is 0 Å². The van der Waals surface area contributed by atoms with Gasteiger partial charge >= 0.3 is 6.36 Å². The number of ether oxygens (including phenoxy) is 1. The van der Waals surface area contributed by atoms with Crippen LogP contribution in [-0.2, 0) is 16.4 Å². The monoisotopic (exact) mass is 269 g/mol. The van der Waals surface area contributed by atoms with Crippen LogP contribution in [0.5, 0.6) is 5.75 Å². The standard InChI is InChI=1S/C9H10F3NO3S/c1-2-6-5-7(17(13,14)15)3-4-8(6)16-9(10,11)12/h3-5H,2H2,1H3,(H2,13,14,15). The molecular formula is C9H10F3NO3S. The normalized spacial score (nSPS) is 12.5. The minimum Gasteiger partial charge on any atom is -0.406 e. The van der Waals surface area contributed by atoms with Crippen molar-refractivity contribution in [1.82, 2.24) is 0 Å². The number of hydrogen-bond acceptors (Lipinski definition) is 3. The van der Waals surface area contributed by atoms with E-state index >= 15 is 0 Å². The first-order valence-electron chi connectivity index (χ1n) is 4.55. The molecule has 17 heavy (non-hydrogen) atoms. The summed E-state index contributed by atoms with van der Waals surface area (Å²) >= 11 is 0. The van der Waals surface area contributed by atoms with Crippen molar-refractivity contribution in [2.45, 2.75) is 24.6 Å². The van der Waals surface area contributed by atoms with Crippen LogP contribution >= 0.6 is 0 Å². The van der Waals surface area contributed by atoms with Gasteiger partial charge in [-0.3, -0.25) is 0 Å². The second-order valence-electron chi connectivity index (χ2n) is 3.22. The summed E-state index contributed by atoms with van der Waals surface area (Å²) in [5.41, 5.74) is 0.119. The molecule has 0 aliphatic heterocycles. The molecule has 0 radical (unpaired) electrons. The highest BCUT2D eigenvalue weighted by Crippen LogP contribution is 2.28. The van der Waals surface area contributed by atoms with Gasteiger partial charge in [0.15, 0.2) is 0 Å². The minimum absolute atomic E-state index is 0.119. The average molecular weight is 269 g/mol. The Hall–Kier alpha value is -1.28. The van der Waals surface area contributed by atoms with Gasteiger partial charge in [0, 0.05) is 0 Å². The summed E-state index contributed by atoms with van der Waals surface area (Å²) in [6, 6.07) is 2.97. The van der Waals surface area contributed by atoms with E-state index < -0.39 is 22.1 Å². The van der Waals surface area contributed by atoms with Crippen molar-refractivity contribution in [1.29, 1.82) is 0 Å². The van der Waals surface area contributed by atoms with Crippen molar-refractivity contribution >= 4 is 10.0 Å². The maximum absolute atomic E-state index is 12.0. The van der Waals surface area contributed by atoms with Gasteiger partial charge < -0.3 is 4.74 Å². The van der Waals surface area contributed by atoms with E-state index in [9.17, 15) is 21.6 Å². The van der Waals surface area contributed by atoms with Crippen LogP contribution in [0.3, 0.4) is 0 Å². The highest BCUT2D eigenvalue weighted by Gasteiger charge is 2.32. The van der Waals surface area contributed by atoms with Crippen LogP contribution in [0.1, 0.15) is 12.5 Å². The first-order valence-corrected chi connectivity index (χ1v) is 6.09. The van der Waals surface area contributed by atoms with E-state index in [0.717, 1.165) is 18.2 Å². The fourth-order valence-electron chi connectivity index (χ4n) is 1.23. The van der Waals surface area contributed by atoms with E-state index in [4.69, 9.17) is 5.14 Å². The molecule has 0 spiro atoms. The summed E-state index contributed by atoms with van der Waals surface area (Å²) < 4.78 is 61.9. The summed E-state index contributed by atoms with van der Waals surface area (Å²) in [6.07, 6.45) is -4.62. The lowest BCUT2D eigenvalue weighted by Gasteiger charge is -2.13. The molecule has 8 heteroatoms. The van der Waals surface area contributed by atoms with E-state index in [1.165, 1.54) is 0 Å². The van der Waals surface area contributed by atoms with Gasteiger partial charge in [0.1, 0.15) is 5.75 Å². The second-order valence-corrected chi connectivity index (χ2v) is 4.78. The van der Waals surface area contributed by atoms with E-state index in [0.29, 0.717) is 0 Å². The molecule has 0 aliphatic rings. The van der Waals surface area contributed by atoms with Gasteiger partial charge in [0.05, 0.1) is 4.90 Å². The van der Waals surface area contributed by atoms with E-state index in [2.05, 4.69) is 4.74 Å². The number of aryl methyl sites for hydroxylation is 1. The van der Waals surface area contributed by atoms with E-state index in [1.807, 2.05) is 0 Å². The molecule has 0 bridgehead atoms. The quantitative estimate of drug-likeness (QED) is 0.909. The Morgan fingerprint density at radius 3 is 2.35 bits per heavy atom. The number of halogens is 3. The zero-order valence-electron chi connectivity index (χ0n) is 8.78. The molecule has 0 saturated carbocycles. The maximum Gasteiger partial charge on any atom is 0.573 e. The average Bonchev–Trinajstić information content (AvgIpc) is 2.14. The highest BCUT2D eigenvalue weighted by atomic mass is 32.2. The van der Waals surface area contributed by atoms with Crippen molar-refractivity contribution in [3.8, 4) is 5.75 Å². The number of hydrogen-bond donors (Lipinski definition) is 1. The summed E-state index contributed by atoms with van der Waals surface area (Å²) in [5, 5.41) is 4.87. The molecule has 2 N–H and O–H groups in total. The van der Waals surface area contributed by atoms with Crippen molar-refractivity contribution in [3.05, 3.63) is 23.8 Å². The Balaban J connectivity index is 3.19. The highest BCUT2D eigenvalue weighted by molar-refractivity contribution is 7.89. The molecule has 0 aromatic heterocycles. The van der Waals surface area contributed by atoms with Gasteiger partial charge in [-0.05, 0) is 30.2 Å². The molecule has 0 aliphatic carbocycles. The Morgan fingerprint density at radius 1 is 1.35 bits per heavy atom. The van der Waals surface area contributed by atoms with Crippen LogP contribution in [0.15, 0.2) is 23.1 Å². The smallest absolute Gasteiger partial charge is 0.406 e. The van der Waals surface area contributed by atoms with Gasteiger partial charge in [0.2, 0.25) is 10.0 Å². The van der Waals surface area contributed by atoms with Crippen LogP contribution in [0, 0.1) is 0 Å². The van der Waals surface area contributed by atoms with Crippen molar-refractivity contribution in [2.24, 2.45) is 5.14 Å². The van der Waals surface area contributed by atoms with Crippen molar-refractivity contribution in [2.75, 3.05) is 0 Å². The molecule has 1 aromatic carbocycles. The number of nitrogens with two attached hydrogens (primary N) is 1. The van der Waals surface area contributed by atoms with Crippen LogP contribution in [0.25, 0.3) is 0 Å². The van der Waals surface area contributed by atoms with Crippen LogP contribution in [-0.4, -0.2) is 14.8 Å². The Kier molecular flexibility index (Phi) is 3.68. The molecule has 0 saturated heterocycles. The topological polar surface area (TPSA) is 69.4 Å². The summed E-state index contributed by atoms with van der Waals surface area (Å²) in [4.78, 5) is -0.246. The molecule has 0 atom stereocenters. The molecule has 0 fully saturated rings. The SMILES string of the molecule is CCc1cc(S(N)(=O)=O)ccc1OC(F)(F)F. The van der Waals surface area contributed by atoms with Gasteiger partial charge in [-0.15, -0.1) is 13.2 Å². The van der Waals surface area contributed by atoms with Crippen LogP contribution in [0.4, 0.5) is 13.2 Å². The van der Waals surface area contributed by atoms with E-state index in [1.54, 1.807) is 6.92 Å². The number of primary sulfonamides is 1. The third kappa shape index (κ3) is 3.90. The van der Waals surface area contributed by atoms with E-state index in [-0.39, 0.29) is 16.9 Å². The lowest BCUT2D eigenvalue weighted by Crippen LogP contribution is -2.18. The molecule has 1 rings (SSSR count). The molecule has 1 aromatic rings. The molecular weight excluding hydrogens is 259 g/mol. The Bertz CT molecular complexity index is 511. The number of alkyl halides is 3. The maximum atomic E-state index is 12.0. The molecule has 0 unspecified atom stereocenters. The third-order valence-corrected chi connectivity index (χ3v) is 2.88. The minimum atomic E-state index is -4.81. The van der Waals surface area contributed by atoms with Crippen LogP contribution < -0.4 is 9.88 Å². The first kappa shape index (κ1) is 13.8. The van der Waals surface area contributed by atoms with Gasteiger partial charge in [0.25, 0.3) is 0 Å². The summed E-state index contributed by atoms with van der Waals surface area (Å²) in [7, 11) is -3.93. The zero-order valence-corrected chi connectivity index (χ0v) is 9.60. The first-order chi connectivity index (χ1) is 7.63. The van der Waals surface area contributed by atoms with Gasteiger partial charge in [-0.1, -0.05) is 6.92 Å². The fraction of sp³-hybridized carbons (Fsp3) is 0.333.